The van der Waals surface area contributed by atoms with Gasteiger partial charge < -0.3 is 5.11 Å². The molecule has 1 aromatic heterocycles. The highest BCUT2D eigenvalue weighted by Gasteiger charge is 2.45. The molecule has 0 amide bonds. The van der Waals surface area contributed by atoms with Gasteiger partial charge in [0, 0.05) is 5.41 Å². The molecule has 0 atom stereocenters. The zero-order valence-corrected chi connectivity index (χ0v) is 8.08. The standard InChI is InChI=1S/C8H9BrN2O/c9-7-4-10-6(3-11-7)8(5-12)1-2-8/h3-4,12H,1-2,5H2. The Hall–Kier alpha value is -0.480. The van der Waals surface area contributed by atoms with E-state index in [9.17, 15) is 0 Å². The first-order chi connectivity index (χ1) is 5.77. The van der Waals surface area contributed by atoms with Crippen LogP contribution in [0.15, 0.2) is 17.0 Å². The summed E-state index contributed by atoms with van der Waals surface area (Å²) in [5, 5.41) is 9.10. The summed E-state index contributed by atoms with van der Waals surface area (Å²) in [6, 6.07) is 0. The molecule has 0 bridgehead atoms. The second-order valence-corrected chi connectivity index (χ2v) is 3.98. The van der Waals surface area contributed by atoms with E-state index in [1.165, 1.54) is 0 Å². The molecule has 1 N–H and O–H groups in total. The van der Waals surface area contributed by atoms with Crippen molar-refractivity contribution in [2.75, 3.05) is 6.61 Å². The molecule has 3 nitrogen and oxygen atoms in total. The van der Waals surface area contributed by atoms with Gasteiger partial charge in [0.15, 0.2) is 0 Å². The first kappa shape index (κ1) is 8.13. The van der Waals surface area contributed by atoms with Crippen molar-refractivity contribution in [2.24, 2.45) is 0 Å². The number of hydrogen-bond donors (Lipinski definition) is 1. The van der Waals surface area contributed by atoms with Gasteiger partial charge in [0.1, 0.15) is 4.60 Å². The molecule has 64 valence electrons. The normalized spacial score (nSPS) is 19.2. The number of halogens is 1. The molecule has 1 heterocycles. The van der Waals surface area contributed by atoms with Gasteiger partial charge in [0.25, 0.3) is 0 Å². The summed E-state index contributed by atoms with van der Waals surface area (Å²) in [5.41, 5.74) is 0.849. The third-order valence-corrected chi connectivity index (χ3v) is 2.73. The van der Waals surface area contributed by atoms with Gasteiger partial charge in [-0.3, -0.25) is 4.98 Å². The molecular weight excluding hydrogens is 220 g/mol. The Morgan fingerprint density at radius 2 is 2.17 bits per heavy atom. The van der Waals surface area contributed by atoms with Crippen LogP contribution in [0, 0.1) is 0 Å². The molecule has 0 saturated heterocycles. The Balaban J connectivity index is 2.29. The lowest BCUT2D eigenvalue weighted by Gasteiger charge is -2.08. The lowest BCUT2D eigenvalue weighted by atomic mass is 10.1. The first-order valence-electron chi connectivity index (χ1n) is 3.86. The first-order valence-corrected chi connectivity index (χ1v) is 4.65. The van der Waals surface area contributed by atoms with Crippen molar-refractivity contribution in [1.29, 1.82) is 0 Å². The predicted octanol–water partition coefficient (Wildman–Crippen LogP) is 1.26. The van der Waals surface area contributed by atoms with Crippen molar-refractivity contribution < 1.29 is 5.11 Å². The molecule has 1 aliphatic rings. The van der Waals surface area contributed by atoms with Crippen molar-refractivity contribution in [2.45, 2.75) is 18.3 Å². The van der Waals surface area contributed by atoms with Crippen LogP contribution in [-0.2, 0) is 5.41 Å². The van der Waals surface area contributed by atoms with Crippen LogP contribution in [0.4, 0.5) is 0 Å². The molecule has 12 heavy (non-hydrogen) atoms. The van der Waals surface area contributed by atoms with Crippen molar-refractivity contribution >= 4 is 15.9 Å². The van der Waals surface area contributed by atoms with Gasteiger partial charge in [-0.15, -0.1) is 0 Å². The fraction of sp³-hybridized carbons (Fsp3) is 0.500. The van der Waals surface area contributed by atoms with Crippen LogP contribution in [0.1, 0.15) is 18.5 Å². The average Bonchev–Trinajstić information content (AvgIpc) is 2.86. The second kappa shape index (κ2) is 2.78. The van der Waals surface area contributed by atoms with Crippen LogP contribution in [0.3, 0.4) is 0 Å². The highest BCUT2D eigenvalue weighted by atomic mass is 79.9. The van der Waals surface area contributed by atoms with Crippen molar-refractivity contribution in [3.8, 4) is 0 Å². The molecule has 1 saturated carbocycles. The lowest BCUT2D eigenvalue weighted by Crippen LogP contribution is -2.13. The SMILES string of the molecule is OCC1(c2cnc(Br)cn2)CC1. The molecule has 0 radical (unpaired) electrons. The molecule has 0 aliphatic heterocycles. The quantitative estimate of drug-likeness (QED) is 0.830. The van der Waals surface area contributed by atoms with Gasteiger partial charge in [-0.1, -0.05) is 0 Å². The third kappa shape index (κ3) is 1.25. The van der Waals surface area contributed by atoms with E-state index in [1.54, 1.807) is 12.4 Å². The van der Waals surface area contributed by atoms with Crippen LogP contribution in [0.25, 0.3) is 0 Å². The number of hydrogen-bond acceptors (Lipinski definition) is 3. The number of rotatable bonds is 2. The van der Waals surface area contributed by atoms with E-state index in [4.69, 9.17) is 5.11 Å². The van der Waals surface area contributed by atoms with E-state index in [0.717, 1.165) is 23.1 Å². The molecule has 2 rings (SSSR count). The van der Waals surface area contributed by atoms with Gasteiger partial charge in [0.05, 0.1) is 24.7 Å². The Morgan fingerprint density at radius 1 is 1.42 bits per heavy atom. The van der Waals surface area contributed by atoms with E-state index in [-0.39, 0.29) is 12.0 Å². The summed E-state index contributed by atoms with van der Waals surface area (Å²) in [5.74, 6) is 0. The monoisotopic (exact) mass is 228 g/mol. The Kier molecular flexibility index (Phi) is 1.88. The molecule has 4 heteroatoms. The molecular formula is C8H9BrN2O. The van der Waals surface area contributed by atoms with Crippen molar-refractivity contribution in [1.82, 2.24) is 9.97 Å². The molecule has 0 spiro atoms. The summed E-state index contributed by atoms with van der Waals surface area (Å²) in [4.78, 5) is 8.29. The molecule has 1 aromatic rings. The van der Waals surface area contributed by atoms with Crippen molar-refractivity contribution in [3.63, 3.8) is 0 Å². The summed E-state index contributed by atoms with van der Waals surface area (Å²) in [6.45, 7) is 0.184. The zero-order chi connectivity index (χ0) is 8.60. The fourth-order valence-electron chi connectivity index (χ4n) is 1.23. The summed E-state index contributed by atoms with van der Waals surface area (Å²) < 4.78 is 0.736. The average molecular weight is 229 g/mol. The van der Waals surface area contributed by atoms with Crippen LogP contribution >= 0.6 is 15.9 Å². The third-order valence-electron chi connectivity index (χ3n) is 2.32. The van der Waals surface area contributed by atoms with Crippen LogP contribution in [0.2, 0.25) is 0 Å². The van der Waals surface area contributed by atoms with E-state index >= 15 is 0 Å². The minimum absolute atomic E-state index is 0.0618. The van der Waals surface area contributed by atoms with Gasteiger partial charge >= 0.3 is 0 Å². The van der Waals surface area contributed by atoms with Crippen LogP contribution in [0.5, 0.6) is 0 Å². The second-order valence-electron chi connectivity index (χ2n) is 3.16. The van der Waals surface area contributed by atoms with Gasteiger partial charge in [-0.25, -0.2) is 4.98 Å². The van der Waals surface area contributed by atoms with Crippen LogP contribution in [-0.4, -0.2) is 21.7 Å². The number of aliphatic hydroxyl groups excluding tert-OH is 1. The minimum atomic E-state index is -0.0618. The van der Waals surface area contributed by atoms with Gasteiger partial charge in [-0.2, -0.15) is 0 Å². The highest BCUT2D eigenvalue weighted by molar-refractivity contribution is 9.10. The minimum Gasteiger partial charge on any atom is -0.395 e. The summed E-state index contributed by atoms with van der Waals surface area (Å²) >= 11 is 3.22. The van der Waals surface area contributed by atoms with Gasteiger partial charge in [0.2, 0.25) is 0 Å². The zero-order valence-electron chi connectivity index (χ0n) is 6.50. The smallest absolute Gasteiger partial charge is 0.124 e. The molecule has 1 aliphatic carbocycles. The lowest BCUT2D eigenvalue weighted by molar-refractivity contribution is 0.252. The fourth-order valence-corrected chi connectivity index (χ4v) is 1.44. The topological polar surface area (TPSA) is 46.0 Å². The Labute approximate surface area is 79.0 Å². The predicted molar refractivity (Wildman–Crippen MR) is 47.7 cm³/mol. The molecule has 0 unspecified atom stereocenters. The summed E-state index contributed by atoms with van der Waals surface area (Å²) in [7, 11) is 0. The van der Waals surface area contributed by atoms with E-state index in [1.807, 2.05) is 0 Å². The van der Waals surface area contributed by atoms with E-state index < -0.39 is 0 Å². The highest BCUT2D eigenvalue weighted by Crippen LogP contribution is 2.46. The Morgan fingerprint density at radius 3 is 2.58 bits per heavy atom. The van der Waals surface area contributed by atoms with Crippen LogP contribution < -0.4 is 0 Å². The van der Waals surface area contributed by atoms with E-state index in [2.05, 4.69) is 25.9 Å². The maximum Gasteiger partial charge on any atom is 0.124 e. The maximum absolute atomic E-state index is 9.10. The number of aliphatic hydroxyl groups is 1. The van der Waals surface area contributed by atoms with E-state index in [0.29, 0.717) is 0 Å². The summed E-state index contributed by atoms with van der Waals surface area (Å²) in [6.07, 6.45) is 5.46. The number of aromatic nitrogens is 2. The Bertz CT molecular complexity index is 282. The molecule has 0 aromatic carbocycles. The van der Waals surface area contributed by atoms with Crippen molar-refractivity contribution in [3.05, 3.63) is 22.7 Å². The largest absolute Gasteiger partial charge is 0.395 e. The number of nitrogens with zero attached hydrogens (tertiary/aromatic N) is 2. The van der Waals surface area contributed by atoms with Gasteiger partial charge in [-0.05, 0) is 28.8 Å². The maximum atomic E-state index is 9.10. The molecule has 1 fully saturated rings.